The summed E-state index contributed by atoms with van der Waals surface area (Å²) in [6.45, 7) is 3.77. The molecule has 1 saturated heterocycles. The molecule has 1 amide bonds. The molecule has 0 saturated carbocycles. The predicted molar refractivity (Wildman–Crippen MR) is 53.7 cm³/mol. The van der Waals surface area contributed by atoms with E-state index in [0.29, 0.717) is 4.90 Å². The number of nitrogens with zero attached hydrogens (tertiary/aromatic N) is 1. The lowest BCUT2D eigenvalue weighted by atomic mass is 10.1. The second-order valence-corrected chi connectivity index (χ2v) is 4.92. The summed E-state index contributed by atoms with van der Waals surface area (Å²) < 4.78 is 47.4. The summed E-state index contributed by atoms with van der Waals surface area (Å²) in [5.41, 5.74) is -3.84. The molecule has 0 N–H and O–H groups in total. The van der Waals surface area contributed by atoms with Crippen LogP contribution in [0.3, 0.4) is 0 Å². The van der Waals surface area contributed by atoms with Gasteiger partial charge in [0.2, 0.25) is 0 Å². The molecule has 1 atom stereocenters. The van der Waals surface area contributed by atoms with Crippen LogP contribution in [0.2, 0.25) is 0 Å². The Morgan fingerprint density at radius 3 is 2.06 bits per heavy atom. The summed E-state index contributed by atoms with van der Waals surface area (Å²) in [6.07, 6.45) is -6.08. The molecule has 0 aromatic rings. The average molecular weight is 269 g/mol. The normalized spacial score (nSPS) is 23.6. The number of hydrogen-bond donors (Lipinski definition) is 0. The first kappa shape index (κ1) is 14.6. The van der Waals surface area contributed by atoms with Crippen LogP contribution in [-0.4, -0.2) is 47.9 Å². The summed E-state index contributed by atoms with van der Waals surface area (Å²) in [5.74, 6) is -1.51. The van der Waals surface area contributed by atoms with Crippen molar-refractivity contribution in [3.63, 3.8) is 0 Å². The first-order valence-corrected chi connectivity index (χ1v) is 5.11. The molecule has 8 heteroatoms. The Morgan fingerprint density at radius 2 is 1.72 bits per heavy atom. The van der Waals surface area contributed by atoms with E-state index >= 15 is 0 Å². The van der Waals surface area contributed by atoms with E-state index in [4.69, 9.17) is 4.74 Å². The largest absolute Gasteiger partial charge is 0.467 e. The fourth-order valence-corrected chi connectivity index (χ4v) is 1.43. The Morgan fingerprint density at radius 1 is 1.22 bits per heavy atom. The number of ether oxygens (including phenoxy) is 2. The van der Waals surface area contributed by atoms with Gasteiger partial charge in [-0.15, -0.1) is 0 Å². The Labute approximate surface area is 102 Å². The van der Waals surface area contributed by atoms with Crippen LogP contribution in [0.1, 0.15) is 20.8 Å². The molecule has 5 nitrogen and oxygen atoms in total. The van der Waals surface area contributed by atoms with E-state index < -0.39 is 35.9 Å². The predicted octanol–water partition coefficient (Wildman–Crippen LogP) is 1.71. The van der Waals surface area contributed by atoms with Crippen LogP contribution in [0.5, 0.6) is 0 Å². The SMILES string of the molecule is COC(=O)C1(C(F)(F)F)CN1C(=O)OC(C)(C)C. The molecule has 1 unspecified atom stereocenters. The maximum absolute atomic E-state index is 12.8. The van der Waals surface area contributed by atoms with E-state index in [1.165, 1.54) is 20.8 Å². The first-order valence-electron chi connectivity index (χ1n) is 5.11. The Kier molecular flexibility index (Phi) is 3.27. The first-order chi connectivity index (χ1) is 7.95. The molecule has 0 aromatic carbocycles. The van der Waals surface area contributed by atoms with E-state index in [2.05, 4.69) is 4.74 Å². The monoisotopic (exact) mass is 269 g/mol. The van der Waals surface area contributed by atoms with Gasteiger partial charge in [0.05, 0.1) is 13.7 Å². The minimum atomic E-state index is -4.89. The van der Waals surface area contributed by atoms with Gasteiger partial charge >= 0.3 is 18.2 Å². The molecule has 18 heavy (non-hydrogen) atoms. The third kappa shape index (κ3) is 2.37. The number of carbonyl (C=O) groups is 2. The molecule has 0 spiro atoms. The van der Waals surface area contributed by atoms with Gasteiger partial charge in [0.15, 0.2) is 0 Å². The zero-order chi connectivity index (χ0) is 14.4. The van der Waals surface area contributed by atoms with Gasteiger partial charge in [-0.2, -0.15) is 13.2 Å². The van der Waals surface area contributed by atoms with Gasteiger partial charge in [-0.3, -0.25) is 4.90 Å². The van der Waals surface area contributed by atoms with Crippen molar-refractivity contribution in [1.82, 2.24) is 4.90 Å². The zero-order valence-corrected chi connectivity index (χ0v) is 10.4. The fourth-order valence-electron chi connectivity index (χ4n) is 1.43. The van der Waals surface area contributed by atoms with E-state index in [9.17, 15) is 22.8 Å². The average Bonchev–Trinajstić information content (AvgIpc) is 2.88. The molecule has 1 heterocycles. The number of esters is 1. The van der Waals surface area contributed by atoms with Crippen molar-refractivity contribution in [2.75, 3.05) is 13.7 Å². The maximum atomic E-state index is 12.8. The molecular weight excluding hydrogens is 255 g/mol. The van der Waals surface area contributed by atoms with Gasteiger partial charge in [0, 0.05) is 0 Å². The highest BCUT2D eigenvalue weighted by Crippen LogP contribution is 2.48. The number of amides is 1. The summed E-state index contributed by atoms with van der Waals surface area (Å²) in [4.78, 5) is 23.0. The smallest absolute Gasteiger partial charge is 0.424 e. The quantitative estimate of drug-likeness (QED) is 0.537. The Balaban J connectivity index is 2.90. The fraction of sp³-hybridized carbons (Fsp3) is 0.800. The van der Waals surface area contributed by atoms with Gasteiger partial charge in [0.25, 0.3) is 5.54 Å². The van der Waals surface area contributed by atoms with Gasteiger partial charge in [0.1, 0.15) is 5.60 Å². The van der Waals surface area contributed by atoms with Crippen LogP contribution in [0, 0.1) is 0 Å². The van der Waals surface area contributed by atoms with Crippen LogP contribution in [0.4, 0.5) is 18.0 Å². The maximum Gasteiger partial charge on any atom is 0.424 e. The van der Waals surface area contributed by atoms with E-state index in [1.54, 1.807) is 0 Å². The topological polar surface area (TPSA) is 55.6 Å². The van der Waals surface area contributed by atoms with Crippen LogP contribution < -0.4 is 0 Å². The van der Waals surface area contributed by atoms with E-state index in [0.717, 1.165) is 7.11 Å². The molecular formula is C10H14F3NO4. The van der Waals surface area contributed by atoms with Crippen LogP contribution in [-0.2, 0) is 14.3 Å². The molecule has 0 aliphatic carbocycles. The third-order valence-corrected chi connectivity index (χ3v) is 2.35. The lowest BCUT2D eigenvalue weighted by molar-refractivity contribution is -0.191. The molecule has 104 valence electrons. The molecule has 1 aliphatic rings. The number of hydrogen-bond acceptors (Lipinski definition) is 4. The standard InChI is InChI=1S/C10H14F3NO4/c1-8(2,3)18-7(16)14-5-9(14,6(15)17-4)10(11,12)13/h5H2,1-4H3. The molecule has 0 bridgehead atoms. The lowest BCUT2D eigenvalue weighted by Gasteiger charge is -2.22. The summed E-state index contributed by atoms with van der Waals surface area (Å²) in [5, 5.41) is 0. The minimum Gasteiger partial charge on any atom is -0.467 e. The van der Waals surface area contributed by atoms with Crippen LogP contribution in [0.25, 0.3) is 0 Å². The highest BCUT2D eigenvalue weighted by atomic mass is 19.4. The van der Waals surface area contributed by atoms with Gasteiger partial charge < -0.3 is 9.47 Å². The van der Waals surface area contributed by atoms with E-state index in [1.807, 2.05) is 0 Å². The highest BCUT2D eigenvalue weighted by molar-refractivity contribution is 5.92. The number of methoxy groups -OCH3 is 1. The third-order valence-electron chi connectivity index (χ3n) is 2.35. The Bertz CT molecular complexity index is 374. The van der Waals surface area contributed by atoms with Crippen LogP contribution in [0.15, 0.2) is 0 Å². The van der Waals surface area contributed by atoms with Crippen molar-refractivity contribution in [2.45, 2.75) is 38.1 Å². The Hall–Kier alpha value is -1.47. The van der Waals surface area contributed by atoms with E-state index in [-0.39, 0.29) is 0 Å². The summed E-state index contributed by atoms with van der Waals surface area (Å²) in [7, 11) is 0.835. The zero-order valence-electron chi connectivity index (χ0n) is 10.4. The van der Waals surface area contributed by atoms with Crippen molar-refractivity contribution in [3.8, 4) is 0 Å². The van der Waals surface area contributed by atoms with Crippen molar-refractivity contribution < 1.29 is 32.2 Å². The minimum absolute atomic E-state index is 0.310. The van der Waals surface area contributed by atoms with Gasteiger partial charge in [-0.05, 0) is 20.8 Å². The molecule has 1 aliphatic heterocycles. The van der Waals surface area contributed by atoms with Crippen molar-refractivity contribution in [3.05, 3.63) is 0 Å². The van der Waals surface area contributed by atoms with Crippen molar-refractivity contribution >= 4 is 12.1 Å². The molecule has 0 radical (unpaired) electrons. The number of halogens is 3. The highest BCUT2D eigenvalue weighted by Gasteiger charge is 2.78. The summed E-state index contributed by atoms with van der Waals surface area (Å²) >= 11 is 0. The van der Waals surface area contributed by atoms with Gasteiger partial charge in [-0.25, -0.2) is 9.59 Å². The van der Waals surface area contributed by atoms with Gasteiger partial charge in [-0.1, -0.05) is 0 Å². The molecule has 1 rings (SSSR count). The van der Waals surface area contributed by atoms with Crippen LogP contribution >= 0.6 is 0 Å². The number of rotatable bonds is 1. The molecule has 0 aromatic heterocycles. The lowest BCUT2D eigenvalue weighted by Crippen LogP contribution is -2.47. The van der Waals surface area contributed by atoms with Crippen molar-refractivity contribution in [1.29, 1.82) is 0 Å². The number of alkyl halides is 3. The molecule has 1 fully saturated rings. The second kappa shape index (κ2) is 4.03. The summed E-state index contributed by atoms with van der Waals surface area (Å²) in [6, 6.07) is 0. The number of carbonyl (C=O) groups excluding carboxylic acids is 2. The van der Waals surface area contributed by atoms with Crippen molar-refractivity contribution in [2.24, 2.45) is 0 Å². The second-order valence-electron chi connectivity index (χ2n) is 4.92.